The smallest absolute Gasteiger partial charge is 0.0367 e. The molecule has 0 unspecified atom stereocenters. The molecule has 1 saturated carbocycles. The van der Waals surface area contributed by atoms with E-state index in [4.69, 9.17) is 5.73 Å². The number of nitrogens with zero attached hydrogens (tertiary/aromatic N) is 1. The second-order valence-electron chi connectivity index (χ2n) is 4.29. The van der Waals surface area contributed by atoms with Crippen LogP contribution in [0.15, 0.2) is 28.7 Å². The number of halogens is 1. The first-order chi connectivity index (χ1) is 6.75. The van der Waals surface area contributed by atoms with E-state index in [0.717, 1.165) is 29.4 Å². The van der Waals surface area contributed by atoms with Gasteiger partial charge in [-0.25, -0.2) is 0 Å². The quantitative estimate of drug-likeness (QED) is 0.827. The van der Waals surface area contributed by atoms with Gasteiger partial charge in [0.1, 0.15) is 0 Å². The number of anilines is 1. The molecule has 1 aliphatic heterocycles. The van der Waals surface area contributed by atoms with Crippen LogP contribution >= 0.6 is 15.9 Å². The Morgan fingerprint density at radius 2 is 1.71 bits per heavy atom. The van der Waals surface area contributed by atoms with Gasteiger partial charge in [-0.3, -0.25) is 0 Å². The zero-order valence-electron chi connectivity index (χ0n) is 7.86. The number of benzene rings is 1. The van der Waals surface area contributed by atoms with Gasteiger partial charge in [0.15, 0.2) is 0 Å². The van der Waals surface area contributed by atoms with Crippen molar-refractivity contribution >= 4 is 21.6 Å². The van der Waals surface area contributed by atoms with Gasteiger partial charge >= 0.3 is 0 Å². The molecule has 3 atom stereocenters. The molecule has 1 aromatic carbocycles. The third-order valence-corrected chi connectivity index (χ3v) is 3.98. The first kappa shape index (κ1) is 8.74. The van der Waals surface area contributed by atoms with Gasteiger partial charge in [0.25, 0.3) is 0 Å². The number of rotatable bonds is 1. The van der Waals surface area contributed by atoms with Gasteiger partial charge in [0, 0.05) is 29.3 Å². The van der Waals surface area contributed by atoms with Crippen LogP contribution in [-0.2, 0) is 0 Å². The Hall–Kier alpha value is -0.540. The highest BCUT2D eigenvalue weighted by Gasteiger charge is 2.53. The molecule has 2 N–H and O–H groups in total. The van der Waals surface area contributed by atoms with Crippen molar-refractivity contribution in [3.8, 4) is 0 Å². The van der Waals surface area contributed by atoms with E-state index in [1.54, 1.807) is 0 Å². The molecule has 0 bridgehead atoms. The number of fused-ring (bicyclic) bond motifs is 1. The molecule has 0 aromatic heterocycles. The molecule has 1 aliphatic carbocycles. The lowest BCUT2D eigenvalue weighted by atomic mass is 10.3. The van der Waals surface area contributed by atoms with Gasteiger partial charge in [-0.1, -0.05) is 15.9 Å². The van der Waals surface area contributed by atoms with E-state index >= 15 is 0 Å². The fraction of sp³-hybridized carbons (Fsp3) is 0.455. The van der Waals surface area contributed by atoms with Crippen molar-refractivity contribution in [2.24, 2.45) is 17.6 Å². The Morgan fingerprint density at radius 3 is 2.29 bits per heavy atom. The Labute approximate surface area is 92.2 Å². The van der Waals surface area contributed by atoms with Crippen LogP contribution in [-0.4, -0.2) is 19.1 Å². The molecule has 0 spiro atoms. The lowest BCUT2D eigenvalue weighted by molar-refractivity contribution is 0.743. The minimum Gasteiger partial charge on any atom is -0.371 e. The fourth-order valence-corrected chi connectivity index (χ4v) is 2.70. The topological polar surface area (TPSA) is 29.3 Å². The van der Waals surface area contributed by atoms with Gasteiger partial charge in [-0.2, -0.15) is 0 Å². The molecule has 74 valence electrons. The summed E-state index contributed by atoms with van der Waals surface area (Å²) >= 11 is 3.45. The van der Waals surface area contributed by atoms with Gasteiger partial charge in [0.05, 0.1) is 0 Å². The highest BCUT2D eigenvalue weighted by Crippen LogP contribution is 2.45. The summed E-state index contributed by atoms with van der Waals surface area (Å²) in [5.74, 6) is 1.53. The minimum atomic E-state index is 0.488. The summed E-state index contributed by atoms with van der Waals surface area (Å²) < 4.78 is 1.14. The average molecular weight is 253 g/mol. The standard InChI is InChI=1S/C11H13BrN2/c12-7-1-3-8(4-2-7)14-5-9-10(6-14)11(9)13/h1-4,9-11H,5-6,13H2/t9-,10+,11-. The van der Waals surface area contributed by atoms with E-state index in [1.807, 2.05) is 0 Å². The zero-order chi connectivity index (χ0) is 9.71. The summed E-state index contributed by atoms with van der Waals surface area (Å²) in [7, 11) is 0. The van der Waals surface area contributed by atoms with Crippen LogP contribution in [0.2, 0.25) is 0 Å². The maximum absolute atomic E-state index is 5.90. The van der Waals surface area contributed by atoms with Crippen molar-refractivity contribution in [2.45, 2.75) is 6.04 Å². The zero-order valence-corrected chi connectivity index (χ0v) is 9.44. The minimum absolute atomic E-state index is 0.488. The molecule has 0 amide bonds. The third kappa shape index (κ3) is 1.27. The van der Waals surface area contributed by atoms with Crippen LogP contribution in [0.3, 0.4) is 0 Å². The summed E-state index contributed by atoms with van der Waals surface area (Å²) in [6, 6.07) is 9.01. The van der Waals surface area contributed by atoms with Crippen LogP contribution < -0.4 is 10.6 Å². The van der Waals surface area contributed by atoms with E-state index in [2.05, 4.69) is 45.1 Å². The highest BCUT2D eigenvalue weighted by atomic mass is 79.9. The molecule has 2 nitrogen and oxygen atoms in total. The Bertz CT molecular complexity index is 337. The first-order valence-corrected chi connectivity index (χ1v) is 5.81. The van der Waals surface area contributed by atoms with Crippen LogP contribution in [0.1, 0.15) is 0 Å². The summed E-state index contributed by atoms with van der Waals surface area (Å²) in [5, 5.41) is 0. The first-order valence-electron chi connectivity index (χ1n) is 5.02. The van der Waals surface area contributed by atoms with Crippen molar-refractivity contribution in [1.29, 1.82) is 0 Å². The highest BCUT2D eigenvalue weighted by molar-refractivity contribution is 9.10. The summed E-state index contributed by atoms with van der Waals surface area (Å²) in [6.45, 7) is 2.29. The maximum atomic E-state index is 5.90. The summed E-state index contributed by atoms with van der Waals surface area (Å²) in [4.78, 5) is 2.44. The van der Waals surface area contributed by atoms with E-state index in [1.165, 1.54) is 5.69 Å². The van der Waals surface area contributed by atoms with Crippen molar-refractivity contribution < 1.29 is 0 Å². The fourth-order valence-electron chi connectivity index (χ4n) is 2.44. The molecule has 14 heavy (non-hydrogen) atoms. The predicted octanol–water partition coefficient (Wildman–Crippen LogP) is 1.84. The Kier molecular flexibility index (Phi) is 1.86. The molecule has 3 rings (SSSR count). The average Bonchev–Trinajstić information content (AvgIpc) is 2.66. The molecular formula is C11H13BrN2. The molecular weight excluding hydrogens is 240 g/mol. The van der Waals surface area contributed by atoms with E-state index < -0.39 is 0 Å². The van der Waals surface area contributed by atoms with Gasteiger partial charge in [0.2, 0.25) is 0 Å². The van der Waals surface area contributed by atoms with E-state index in [0.29, 0.717) is 6.04 Å². The molecule has 3 heteroatoms. The second-order valence-corrected chi connectivity index (χ2v) is 5.20. The predicted molar refractivity (Wildman–Crippen MR) is 61.3 cm³/mol. The van der Waals surface area contributed by atoms with E-state index in [-0.39, 0.29) is 0 Å². The molecule has 0 radical (unpaired) electrons. The largest absolute Gasteiger partial charge is 0.371 e. The second kappa shape index (κ2) is 2.97. The molecule has 1 heterocycles. The molecule has 2 aliphatic rings. The van der Waals surface area contributed by atoms with Crippen molar-refractivity contribution in [2.75, 3.05) is 18.0 Å². The van der Waals surface area contributed by atoms with Crippen molar-refractivity contribution in [3.05, 3.63) is 28.7 Å². The number of hydrogen-bond acceptors (Lipinski definition) is 2. The lowest BCUT2D eigenvalue weighted by Gasteiger charge is -2.21. The molecule has 2 fully saturated rings. The van der Waals surface area contributed by atoms with Gasteiger partial charge in [-0.05, 0) is 36.1 Å². The van der Waals surface area contributed by atoms with Gasteiger partial charge < -0.3 is 10.6 Å². The van der Waals surface area contributed by atoms with Crippen molar-refractivity contribution in [3.63, 3.8) is 0 Å². The van der Waals surface area contributed by atoms with Crippen LogP contribution in [0.4, 0.5) is 5.69 Å². The Balaban J connectivity index is 1.76. The third-order valence-electron chi connectivity index (χ3n) is 3.45. The monoisotopic (exact) mass is 252 g/mol. The lowest BCUT2D eigenvalue weighted by Crippen LogP contribution is -2.27. The SMILES string of the molecule is N[C@H]1[C@H]2CN(c3ccc(Br)cc3)C[C@@H]12. The summed E-state index contributed by atoms with van der Waals surface area (Å²) in [5.41, 5.74) is 7.23. The maximum Gasteiger partial charge on any atom is 0.0367 e. The van der Waals surface area contributed by atoms with Crippen LogP contribution in [0.25, 0.3) is 0 Å². The number of nitrogens with two attached hydrogens (primary N) is 1. The number of piperidine rings is 1. The normalized spacial score (nSPS) is 34.4. The molecule has 1 aromatic rings. The number of hydrogen-bond donors (Lipinski definition) is 1. The van der Waals surface area contributed by atoms with Gasteiger partial charge in [-0.15, -0.1) is 0 Å². The Morgan fingerprint density at radius 1 is 1.14 bits per heavy atom. The van der Waals surface area contributed by atoms with E-state index in [9.17, 15) is 0 Å². The molecule has 1 saturated heterocycles. The van der Waals surface area contributed by atoms with Crippen LogP contribution in [0.5, 0.6) is 0 Å². The summed E-state index contributed by atoms with van der Waals surface area (Å²) in [6.07, 6.45) is 0. The van der Waals surface area contributed by atoms with Crippen LogP contribution in [0, 0.1) is 11.8 Å². The van der Waals surface area contributed by atoms with Crippen molar-refractivity contribution in [1.82, 2.24) is 0 Å².